The Morgan fingerprint density at radius 3 is 2.45 bits per heavy atom. The second-order valence-electron chi connectivity index (χ2n) is 5.52. The smallest absolute Gasteiger partial charge is 0.265 e. The van der Waals surface area contributed by atoms with Gasteiger partial charge in [0.15, 0.2) is 0 Å². The van der Waals surface area contributed by atoms with E-state index in [9.17, 15) is 9.59 Å². The quantitative estimate of drug-likeness (QED) is 0.882. The molecule has 4 nitrogen and oxygen atoms in total. The van der Waals surface area contributed by atoms with E-state index in [1.54, 1.807) is 30.3 Å². The van der Waals surface area contributed by atoms with Gasteiger partial charge in [0, 0.05) is 17.3 Å². The molecule has 116 valence electrons. The third-order valence-corrected chi connectivity index (χ3v) is 4.35. The van der Waals surface area contributed by atoms with E-state index in [-0.39, 0.29) is 17.9 Å². The minimum absolute atomic E-state index is 0.0943. The summed E-state index contributed by atoms with van der Waals surface area (Å²) in [4.78, 5) is 24.9. The molecular formula is C17H20N2O2S. The van der Waals surface area contributed by atoms with Gasteiger partial charge in [0.05, 0.1) is 4.88 Å². The number of carbonyl (C=O) groups is 2. The van der Waals surface area contributed by atoms with Crippen molar-refractivity contribution >= 4 is 28.8 Å². The highest BCUT2D eigenvalue weighted by Gasteiger charge is 2.13. The maximum atomic E-state index is 12.2. The van der Waals surface area contributed by atoms with Gasteiger partial charge in [0.2, 0.25) is 0 Å². The van der Waals surface area contributed by atoms with Crippen LogP contribution >= 0.6 is 11.3 Å². The fourth-order valence-electron chi connectivity index (χ4n) is 1.80. The summed E-state index contributed by atoms with van der Waals surface area (Å²) in [6.45, 7) is 6.09. The first-order valence-corrected chi connectivity index (χ1v) is 8.11. The fraction of sp³-hybridized carbons (Fsp3) is 0.294. The van der Waals surface area contributed by atoms with Crippen molar-refractivity contribution in [3.63, 3.8) is 0 Å². The van der Waals surface area contributed by atoms with E-state index >= 15 is 0 Å². The van der Waals surface area contributed by atoms with Crippen LogP contribution in [0.4, 0.5) is 5.69 Å². The average molecular weight is 316 g/mol. The molecule has 2 aromatic rings. The summed E-state index contributed by atoms with van der Waals surface area (Å²) >= 11 is 1.38. The van der Waals surface area contributed by atoms with Crippen LogP contribution in [0, 0.1) is 5.92 Å². The highest BCUT2D eigenvalue weighted by molar-refractivity contribution is 7.12. The summed E-state index contributed by atoms with van der Waals surface area (Å²) in [5.74, 6) is 0.0715. The van der Waals surface area contributed by atoms with Crippen LogP contribution in [0.5, 0.6) is 0 Å². The minimum Gasteiger partial charge on any atom is -0.349 e. The summed E-state index contributed by atoms with van der Waals surface area (Å²) < 4.78 is 0. The molecule has 5 heteroatoms. The maximum absolute atomic E-state index is 12.2. The fourth-order valence-corrected chi connectivity index (χ4v) is 2.41. The van der Waals surface area contributed by atoms with Crippen LogP contribution in [0.25, 0.3) is 0 Å². The highest BCUT2D eigenvalue weighted by atomic mass is 32.1. The predicted molar refractivity (Wildman–Crippen MR) is 90.5 cm³/mol. The lowest BCUT2D eigenvalue weighted by Gasteiger charge is -2.17. The van der Waals surface area contributed by atoms with Crippen molar-refractivity contribution in [3.05, 3.63) is 52.2 Å². The Balaban J connectivity index is 2.06. The molecule has 22 heavy (non-hydrogen) atoms. The Morgan fingerprint density at radius 1 is 1.05 bits per heavy atom. The number of nitrogens with one attached hydrogen (secondary N) is 2. The van der Waals surface area contributed by atoms with Gasteiger partial charge in [-0.15, -0.1) is 11.3 Å². The molecule has 2 rings (SSSR count). The summed E-state index contributed by atoms with van der Waals surface area (Å²) in [5.41, 5.74) is 1.15. The average Bonchev–Trinajstić information content (AvgIpc) is 3.01. The molecule has 1 aromatic carbocycles. The van der Waals surface area contributed by atoms with Crippen LogP contribution in [0.3, 0.4) is 0 Å². The molecule has 1 heterocycles. The number of anilines is 1. The molecule has 0 aliphatic heterocycles. The zero-order chi connectivity index (χ0) is 16.1. The van der Waals surface area contributed by atoms with E-state index in [4.69, 9.17) is 0 Å². The molecule has 0 radical (unpaired) electrons. The molecule has 0 unspecified atom stereocenters. The van der Waals surface area contributed by atoms with Gasteiger partial charge in [-0.3, -0.25) is 9.59 Å². The topological polar surface area (TPSA) is 58.2 Å². The Bertz CT molecular complexity index is 650. The molecule has 0 fully saturated rings. The molecule has 0 spiro atoms. The van der Waals surface area contributed by atoms with Gasteiger partial charge in [0.25, 0.3) is 11.8 Å². The molecule has 0 bridgehead atoms. The van der Waals surface area contributed by atoms with Crippen molar-refractivity contribution in [1.82, 2.24) is 5.32 Å². The Labute approximate surface area is 134 Å². The van der Waals surface area contributed by atoms with Crippen LogP contribution in [0.2, 0.25) is 0 Å². The van der Waals surface area contributed by atoms with E-state index in [1.807, 2.05) is 18.4 Å². The zero-order valence-corrected chi connectivity index (χ0v) is 13.7. The molecule has 1 atom stereocenters. The first-order valence-electron chi connectivity index (χ1n) is 7.23. The van der Waals surface area contributed by atoms with Crippen molar-refractivity contribution in [2.75, 3.05) is 5.32 Å². The third kappa shape index (κ3) is 4.18. The highest BCUT2D eigenvalue weighted by Crippen LogP contribution is 2.15. The molecule has 0 saturated heterocycles. The van der Waals surface area contributed by atoms with E-state index in [2.05, 4.69) is 24.5 Å². The van der Waals surface area contributed by atoms with Crippen molar-refractivity contribution in [2.45, 2.75) is 26.8 Å². The van der Waals surface area contributed by atoms with Crippen molar-refractivity contribution in [1.29, 1.82) is 0 Å². The first-order chi connectivity index (χ1) is 10.5. The molecule has 2 N–H and O–H groups in total. The van der Waals surface area contributed by atoms with Crippen LogP contribution < -0.4 is 10.6 Å². The number of carbonyl (C=O) groups excluding carboxylic acids is 2. The standard InChI is InChI=1S/C17H20N2O2S/c1-11(2)12(3)18-16(20)13-6-4-7-14(10-13)19-17(21)15-8-5-9-22-15/h4-12H,1-3H3,(H,18,20)(H,19,21)/t12-/m0/s1. The van der Waals surface area contributed by atoms with Crippen molar-refractivity contribution in [3.8, 4) is 0 Å². The number of amides is 2. The summed E-state index contributed by atoms with van der Waals surface area (Å²) in [6, 6.07) is 10.7. The van der Waals surface area contributed by atoms with Gasteiger partial charge in [-0.1, -0.05) is 26.0 Å². The molecule has 1 aromatic heterocycles. The van der Waals surface area contributed by atoms with Gasteiger partial charge < -0.3 is 10.6 Å². The Morgan fingerprint density at radius 2 is 1.82 bits per heavy atom. The second-order valence-corrected chi connectivity index (χ2v) is 6.47. The maximum Gasteiger partial charge on any atom is 0.265 e. The summed E-state index contributed by atoms with van der Waals surface area (Å²) in [5, 5.41) is 7.61. The largest absolute Gasteiger partial charge is 0.349 e. The van der Waals surface area contributed by atoms with Crippen molar-refractivity contribution < 1.29 is 9.59 Å². The summed E-state index contributed by atoms with van der Waals surface area (Å²) in [6.07, 6.45) is 0. The van der Waals surface area contributed by atoms with E-state index in [0.717, 1.165) is 0 Å². The number of rotatable bonds is 5. The van der Waals surface area contributed by atoms with E-state index < -0.39 is 0 Å². The molecule has 0 aliphatic rings. The SMILES string of the molecule is CC(C)[C@H](C)NC(=O)c1cccc(NC(=O)c2cccs2)c1. The monoisotopic (exact) mass is 316 g/mol. The van der Waals surface area contributed by atoms with E-state index in [0.29, 0.717) is 22.0 Å². The third-order valence-electron chi connectivity index (χ3n) is 3.49. The van der Waals surface area contributed by atoms with Crippen molar-refractivity contribution in [2.24, 2.45) is 5.92 Å². The molecular weight excluding hydrogens is 296 g/mol. The minimum atomic E-state index is -0.164. The van der Waals surface area contributed by atoms with Gasteiger partial charge >= 0.3 is 0 Å². The number of hydrogen-bond donors (Lipinski definition) is 2. The van der Waals surface area contributed by atoms with Gasteiger partial charge in [0.1, 0.15) is 0 Å². The normalized spacial score (nSPS) is 12.0. The zero-order valence-electron chi connectivity index (χ0n) is 12.9. The van der Waals surface area contributed by atoms with E-state index in [1.165, 1.54) is 11.3 Å². The molecule has 0 saturated carbocycles. The van der Waals surface area contributed by atoms with Crippen LogP contribution in [0.15, 0.2) is 41.8 Å². The number of thiophene rings is 1. The second kappa shape index (κ2) is 7.22. The van der Waals surface area contributed by atoms with Gasteiger partial charge in [-0.25, -0.2) is 0 Å². The van der Waals surface area contributed by atoms with Crippen LogP contribution in [-0.4, -0.2) is 17.9 Å². The van der Waals surface area contributed by atoms with Gasteiger partial charge in [-0.2, -0.15) is 0 Å². The Kier molecular flexibility index (Phi) is 5.33. The number of benzene rings is 1. The summed E-state index contributed by atoms with van der Waals surface area (Å²) in [7, 11) is 0. The lowest BCUT2D eigenvalue weighted by molar-refractivity contribution is 0.0929. The number of hydrogen-bond acceptors (Lipinski definition) is 3. The molecule has 0 aliphatic carbocycles. The van der Waals surface area contributed by atoms with Crippen LogP contribution in [0.1, 0.15) is 40.8 Å². The first kappa shape index (κ1) is 16.2. The predicted octanol–water partition coefficient (Wildman–Crippen LogP) is 3.77. The van der Waals surface area contributed by atoms with Gasteiger partial charge in [-0.05, 0) is 42.5 Å². The van der Waals surface area contributed by atoms with Crippen LogP contribution in [-0.2, 0) is 0 Å². The lowest BCUT2D eigenvalue weighted by atomic mass is 10.1. The Hall–Kier alpha value is -2.14. The molecule has 2 amide bonds. The lowest BCUT2D eigenvalue weighted by Crippen LogP contribution is -2.36.